The van der Waals surface area contributed by atoms with Crippen LogP contribution in [-0.4, -0.2) is 48.2 Å². The maximum atomic E-state index is 11.8. The molecule has 1 aliphatic heterocycles. The average molecular weight is 294 g/mol. The average Bonchev–Trinajstić information content (AvgIpc) is 3.24. The molecule has 0 aromatic carbocycles. The topological polar surface area (TPSA) is 41.6 Å². The van der Waals surface area contributed by atoms with Gasteiger partial charge in [0.2, 0.25) is 0 Å². The number of nitrogens with zero attached hydrogens (tertiary/aromatic N) is 1. The molecule has 1 saturated heterocycles. The number of likely N-dealkylation sites (tertiary alicyclic amines) is 1. The molecular weight excluding hydrogens is 264 g/mol. The summed E-state index contributed by atoms with van der Waals surface area (Å²) in [5, 5.41) is 3.86. The number of carbonyl (C=O) groups is 1. The molecule has 120 valence electrons. The fourth-order valence-electron chi connectivity index (χ4n) is 4.18. The van der Waals surface area contributed by atoms with E-state index in [1.165, 1.54) is 25.8 Å². The van der Waals surface area contributed by atoms with Gasteiger partial charge in [0.15, 0.2) is 0 Å². The first-order valence-electron chi connectivity index (χ1n) is 8.85. The molecule has 4 nitrogen and oxygen atoms in total. The van der Waals surface area contributed by atoms with Crippen LogP contribution in [0.5, 0.6) is 0 Å². The van der Waals surface area contributed by atoms with Gasteiger partial charge in [-0.3, -0.25) is 9.69 Å². The number of carbonyl (C=O) groups excluding carboxylic acids is 1. The zero-order valence-corrected chi connectivity index (χ0v) is 13.5. The van der Waals surface area contributed by atoms with Gasteiger partial charge in [-0.1, -0.05) is 0 Å². The highest BCUT2D eigenvalue weighted by atomic mass is 16.5. The second-order valence-electron chi connectivity index (χ2n) is 7.18. The third-order valence-electron chi connectivity index (χ3n) is 5.46. The van der Waals surface area contributed by atoms with Crippen LogP contribution >= 0.6 is 0 Å². The lowest BCUT2D eigenvalue weighted by Crippen LogP contribution is -2.43. The molecule has 3 fully saturated rings. The van der Waals surface area contributed by atoms with E-state index in [1.54, 1.807) is 0 Å². The number of rotatable bonds is 5. The van der Waals surface area contributed by atoms with E-state index in [-0.39, 0.29) is 11.9 Å². The number of hydrogen-bond donors (Lipinski definition) is 1. The summed E-state index contributed by atoms with van der Waals surface area (Å²) in [4.78, 5) is 14.5. The van der Waals surface area contributed by atoms with Gasteiger partial charge in [0.25, 0.3) is 0 Å². The van der Waals surface area contributed by atoms with Crippen LogP contribution in [0.25, 0.3) is 0 Å². The normalized spacial score (nSPS) is 37.6. The zero-order valence-electron chi connectivity index (χ0n) is 13.5. The first-order valence-corrected chi connectivity index (χ1v) is 8.85. The summed E-state index contributed by atoms with van der Waals surface area (Å²) < 4.78 is 5.15. The number of ether oxygens (including phenoxy) is 1. The van der Waals surface area contributed by atoms with E-state index >= 15 is 0 Å². The van der Waals surface area contributed by atoms with Crippen LogP contribution in [0.3, 0.4) is 0 Å². The Morgan fingerprint density at radius 3 is 2.48 bits per heavy atom. The summed E-state index contributed by atoms with van der Waals surface area (Å²) in [6.45, 7) is 5.99. The largest absolute Gasteiger partial charge is 0.466 e. The number of hydrogen-bond acceptors (Lipinski definition) is 4. The molecule has 4 heteroatoms. The lowest BCUT2D eigenvalue weighted by Gasteiger charge is -2.30. The van der Waals surface area contributed by atoms with Crippen molar-refractivity contribution >= 4 is 5.97 Å². The Balaban J connectivity index is 1.40. The highest BCUT2D eigenvalue weighted by molar-refractivity contribution is 5.72. The standard InChI is InChI=1S/C17H30N2O2/c1-3-21-17(20)13-4-6-14(7-5-13)18-15-10-12(2)19(11-15)16-8-9-16/h12-16,18H,3-11H2,1-2H3. The first-order chi connectivity index (χ1) is 10.2. The summed E-state index contributed by atoms with van der Waals surface area (Å²) in [6, 6.07) is 2.88. The van der Waals surface area contributed by atoms with E-state index in [4.69, 9.17) is 4.74 Å². The fraction of sp³-hybridized carbons (Fsp3) is 0.941. The van der Waals surface area contributed by atoms with E-state index in [1.807, 2.05) is 6.92 Å². The molecule has 3 aliphatic rings. The van der Waals surface area contributed by atoms with Crippen molar-refractivity contribution in [3.05, 3.63) is 0 Å². The van der Waals surface area contributed by atoms with Gasteiger partial charge in [-0.25, -0.2) is 0 Å². The summed E-state index contributed by atoms with van der Waals surface area (Å²) in [7, 11) is 0. The lowest BCUT2D eigenvalue weighted by molar-refractivity contribution is -0.149. The van der Waals surface area contributed by atoms with E-state index < -0.39 is 0 Å². The van der Waals surface area contributed by atoms with Crippen molar-refractivity contribution in [2.45, 2.75) is 83.0 Å². The van der Waals surface area contributed by atoms with Gasteiger partial charge in [-0.15, -0.1) is 0 Å². The Bertz CT molecular complexity index is 362. The molecule has 2 aliphatic carbocycles. The molecule has 1 N–H and O–H groups in total. The maximum Gasteiger partial charge on any atom is 0.308 e. The second-order valence-corrected chi connectivity index (χ2v) is 7.18. The smallest absolute Gasteiger partial charge is 0.308 e. The highest BCUT2D eigenvalue weighted by Gasteiger charge is 2.39. The molecule has 2 atom stereocenters. The second kappa shape index (κ2) is 6.66. The fourth-order valence-corrected chi connectivity index (χ4v) is 4.18. The van der Waals surface area contributed by atoms with E-state index in [9.17, 15) is 4.79 Å². The van der Waals surface area contributed by atoms with Gasteiger partial charge in [-0.2, -0.15) is 0 Å². The van der Waals surface area contributed by atoms with Gasteiger partial charge in [0.05, 0.1) is 12.5 Å². The monoisotopic (exact) mass is 294 g/mol. The summed E-state index contributed by atoms with van der Waals surface area (Å²) in [6.07, 6.45) is 8.32. The third kappa shape index (κ3) is 3.78. The lowest BCUT2D eigenvalue weighted by atomic mass is 9.85. The molecule has 0 aromatic heterocycles. The minimum Gasteiger partial charge on any atom is -0.466 e. The van der Waals surface area contributed by atoms with Crippen LogP contribution in [0.2, 0.25) is 0 Å². The molecule has 2 unspecified atom stereocenters. The summed E-state index contributed by atoms with van der Waals surface area (Å²) in [5.74, 6) is 0.166. The Morgan fingerprint density at radius 2 is 1.86 bits per heavy atom. The molecule has 21 heavy (non-hydrogen) atoms. The van der Waals surface area contributed by atoms with Gasteiger partial charge in [0, 0.05) is 30.7 Å². The zero-order chi connectivity index (χ0) is 14.8. The van der Waals surface area contributed by atoms with Gasteiger partial charge in [-0.05, 0) is 58.8 Å². The molecule has 3 rings (SSSR count). The molecule has 0 radical (unpaired) electrons. The van der Waals surface area contributed by atoms with Gasteiger partial charge < -0.3 is 10.1 Å². The SMILES string of the molecule is CCOC(=O)C1CCC(NC2CC(C)N(C3CC3)C2)CC1. The van der Waals surface area contributed by atoms with Crippen LogP contribution in [-0.2, 0) is 9.53 Å². The van der Waals surface area contributed by atoms with Gasteiger partial charge in [0.1, 0.15) is 0 Å². The number of esters is 1. The molecule has 1 heterocycles. The molecule has 2 saturated carbocycles. The minimum atomic E-state index is 0.0188. The maximum absolute atomic E-state index is 11.8. The first kappa shape index (κ1) is 15.3. The Labute approximate surface area is 128 Å². The van der Waals surface area contributed by atoms with Crippen molar-refractivity contribution in [1.82, 2.24) is 10.2 Å². The van der Waals surface area contributed by atoms with Crippen molar-refractivity contribution < 1.29 is 9.53 Å². The molecule has 0 amide bonds. The Morgan fingerprint density at radius 1 is 1.14 bits per heavy atom. The predicted octanol–water partition coefficient (Wildman–Crippen LogP) is 2.32. The van der Waals surface area contributed by atoms with Crippen molar-refractivity contribution in [3.8, 4) is 0 Å². The minimum absolute atomic E-state index is 0.0188. The van der Waals surface area contributed by atoms with Crippen molar-refractivity contribution in [2.75, 3.05) is 13.2 Å². The summed E-state index contributed by atoms with van der Waals surface area (Å²) >= 11 is 0. The van der Waals surface area contributed by atoms with Crippen LogP contribution in [0.4, 0.5) is 0 Å². The number of nitrogens with one attached hydrogen (secondary N) is 1. The van der Waals surface area contributed by atoms with Crippen LogP contribution in [0.1, 0.15) is 58.8 Å². The van der Waals surface area contributed by atoms with E-state index in [0.717, 1.165) is 37.8 Å². The third-order valence-corrected chi connectivity index (χ3v) is 5.46. The molecule has 0 bridgehead atoms. The molecule has 0 aromatic rings. The Kier molecular flexibility index (Phi) is 4.85. The quantitative estimate of drug-likeness (QED) is 0.790. The van der Waals surface area contributed by atoms with Crippen molar-refractivity contribution in [3.63, 3.8) is 0 Å². The predicted molar refractivity (Wildman–Crippen MR) is 83.1 cm³/mol. The Hall–Kier alpha value is -0.610. The van der Waals surface area contributed by atoms with Crippen LogP contribution in [0, 0.1) is 5.92 Å². The molecular formula is C17H30N2O2. The van der Waals surface area contributed by atoms with Crippen LogP contribution in [0.15, 0.2) is 0 Å². The summed E-state index contributed by atoms with van der Waals surface area (Å²) in [5.41, 5.74) is 0. The van der Waals surface area contributed by atoms with Crippen molar-refractivity contribution in [1.29, 1.82) is 0 Å². The van der Waals surface area contributed by atoms with Gasteiger partial charge >= 0.3 is 5.97 Å². The van der Waals surface area contributed by atoms with E-state index in [2.05, 4.69) is 17.1 Å². The van der Waals surface area contributed by atoms with Crippen molar-refractivity contribution in [2.24, 2.45) is 5.92 Å². The molecule has 0 spiro atoms. The van der Waals surface area contributed by atoms with Crippen LogP contribution < -0.4 is 5.32 Å². The van der Waals surface area contributed by atoms with E-state index in [0.29, 0.717) is 18.7 Å². The highest BCUT2D eigenvalue weighted by Crippen LogP contribution is 2.34.